The molecule has 2 heterocycles. The Labute approximate surface area is 166 Å². The van der Waals surface area contributed by atoms with Crippen LogP contribution >= 0.6 is 0 Å². The van der Waals surface area contributed by atoms with Gasteiger partial charge in [-0.3, -0.25) is 4.79 Å². The Hall–Kier alpha value is -3.81. The van der Waals surface area contributed by atoms with Crippen LogP contribution in [-0.4, -0.2) is 37.3 Å². The largest absolute Gasteiger partial charge is 0.497 e. The molecule has 0 aromatic heterocycles. The monoisotopic (exact) mass is 394 g/mol. The van der Waals surface area contributed by atoms with Gasteiger partial charge in [0.15, 0.2) is 5.57 Å². The first-order chi connectivity index (χ1) is 14.1. The van der Waals surface area contributed by atoms with Crippen LogP contribution in [0.15, 0.2) is 65.3 Å². The third kappa shape index (κ3) is 3.08. The summed E-state index contributed by atoms with van der Waals surface area (Å²) in [7, 11) is 1.56. The molecule has 0 radical (unpaired) electrons. The number of methoxy groups -OCH3 is 1. The fourth-order valence-corrected chi connectivity index (χ4v) is 3.11. The average molecular weight is 394 g/mol. The van der Waals surface area contributed by atoms with E-state index in [1.165, 1.54) is 0 Å². The molecule has 2 aromatic carbocycles. The summed E-state index contributed by atoms with van der Waals surface area (Å²) in [6.45, 7) is 1.80. The number of oxime groups is 1. The van der Waals surface area contributed by atoms with Crippen LogP contribution in [0.3, 0.4) is 0 Å². The Bertz CT molecular complexity index is 1010. The highest BCUT2D eigenvalue weighted by Crippen LogP contribution is 2.40. The molecule has 148 valence electrons. The van der Waals surface area contributed by atoms with Crippen molar-refractivity contribution >= 4 is 23.5 Å². The standard InChI is InChI=1S/C21H18N2O6/c1-3-27-19(24)16-17(13-7-5-4-6-8-13)22-20(25)21(16)28-18(23-29-21)14-9-11-15(26-2)12-10-14/h4-12H,3H2,1-2H3,(H,22,25). The van der Waals surface area contributed by atoms with E-state index in [-0.39, 0.29) is 23.8 Å². The molecule has 2 aliphatic heterocycles. The van der Waals surface area contributed by atoms with Gasteiger partial charge >= 0.3 is 17.7 Å². The fraction of sp³-hybridized carbons (Fsp3) is 0.190. The van der Waals surface area contributed by atoms with Crippen molar-refractivity contribution in [1.82, 2.24) is 5.32 Å². The molecule has 29 heavy (non-hydrogen) atoms. The molecule has 1 unspecified atom stereocenters. The third-order valence-electron chi connectivity index (χ3n) is 4.49. The predicted octanol–water partition coefficient (Wildman–Crippen LogP) is 2.20. The van der Waals surface area contributed by atoms with Crippen molar-refractivity contribution in [3.05, 3.63) is 71.3 Å². The molecule has 1 spiro atoms. The number of amides is 1. The first kappa shape index (κ1) is 18.5. The summed E-state index contributed by atoms with van der Waals surface area (Å²) in [4.78, 5) is 31.1. The predicted molar refractivity (Wildman–Crippen MR) is 103 cm³/mol. The summed E-state index contributed by atoms with van der Waals surface area (Å²) >= 11 is 0. The van der Waals surface area contributed by atoms with Crippen LogP contribution in [0.4, 0.5) is 0 Å². The first-order valence-electron chi connectivity index (χ1n) is 8.97. The van der Waals surface area contributed by atoms with Gasteiger partial charge in [0.1, 0.15) is 5.75 Å². The van der Waals surface area contributed by atoms with Crippen molar-refractivity contribution in [2.45, 2.75) is 12.7 Å². The van der Waals surface area contributed by atoms with Gasteiger partial charge in [0, 0.05) is 5.56 Å². The Kier molecular flexibility index (Phi) is 4.67. The Balaban J connectivity index is 1.74. The minimum atomic E-state index is -2.05. The molecule has 2 aliphatic rings. The number of esters is 1. The zero-order valence-corrected chi connectivity index (χ0v) is 15.8. The van der Waals surface area contributed by atoms with E-state index in [0.717, 1.165) is 0 Å². The van der Waals surface area contributed by atoms with Gasteiger partial charge in [0.05, 0.1) is 19.4 Å². The van der Waals surface area contributed by atoms with Gasteiger partial charge in [-0.05, 0) is 41.9 Å². The highest BCUT2D eigenvalue weighted by atomic mass is 16.8. The van der Waals surface area contributed by atoms with Gasteiger partial charge in [0.25, 0.3) is 5.90 Å². The molecule has 0 saturated heterocycles. The van der Waals surface area contributed by atoms with Gasteiger partial charge in [-0.2, -0.15) is 0 Å². The number of carbonyl (C=O) groups excluding carboxylic acids is 2. The number of nitrogens with zero attached hydrogens (tertiary/aromatic N) is 1. The topological polar surface area (TPSA) is 95.5 Å². The smallest absolute Gasteiger partial charge is 0.393 e. The number of hydrogen-bond donors (Lipinski definition) is 1. The van der Waals surface area contributed by atoms with Gasteiger partial charge in [-0.1, -0.05) is 30.3 Å². The lowest BCUT2D eigenvalue weighted by Crippen LogP contribution is -2.45. The summed E-state index contributed by atoms with van der Waals surface area (Å²) in [6.07, 6.45) is 0. The minimum Gasteiger partial charge on any atom is -0.497 e. The lowest BCUT2D eigenvalue weighted by Gasteiger charge is -2.20. The van der Waals surface area contributed by atoms with Crippen LogP contribution in [0.5, 0.6) is 5.75 Å². The van der Waals surface area contributed by atoms with Gasteiger partial charge in [-0.15, -0.1) is 0 Å². The third-order valence-corrected chi connectivity index (χ3v) is 4.49. The number of ether oxygens (including phenoxy) is 3. The molecule has 0 saturated carbocycles. The van der Waals surface area contributed by atoms with Crippen molar-refractivity contribution in [2.75, 3.05) is 13.7 Å². The zero-order valence-electron chi connectivity index (χ0n) is 15.8. The lowest BCUT2D eigenvalue weighted by molar-refractivity contribution is -0.172. The van der Waals surface area contributed by atoms with E-state index in [2.05, 4.69) is 10.5 Å². The number of rotatable bonds is 5. The number of benzene rings is 2. The average Bonchev–Trinajstić information content (AvgIpc) is 3.32. The second-order valence-corrected chi connectivity index (χ2v) is 6.23. The van der Waals surface area contributed by atoms with E-state index in [0.29, 0.717) is 16.9 Å². The van der Waals surface area contributed by atoms with Crippen molar-refractivity contribution in [3.63, 3.8) is 0 Å². The first-order valence-corrected chi connectivity index (χ1v) is 8.97. The van der Waals surface area contributed by atoms with Gasteiger partial charge < -0.3 is 24.4 Å². The van der Waals surface area contributed by atoms with Gasteiger partial charge in [0.2, 0.25) is 0 Å². The van der Waals surface area contributed by atoms with Crippen LogP contribution in [0.25, 0.3) is 5.70 Å². The van der Waals surface area contributed by atoms with Crippen LogP contribution in [0.1, 0.15) is 18.1 Å². The molecule has 1 atom stereocenters. The molecular formula is C21H18N2O6. The highest BCUT2D eigenvalue weighted by Gasteiger charge is 2.61. The zero-order chi connectivity index (χ0) is 20.4. The second-order valence-electron chi connectivity index (χ2n) is 6.23. The highest BCUT2D eigenvalue weighted by molar-refractivity contribution is 6.16. The van der Waals surface area contributed by atoms with Crippen LogP contribution in [0, 0.1) is 0 Å². The summed E-state index contributed by atoms with van der Waals surface area (Å²) < 4.78 is 16.1. The maximum Gasteiger partial charge on any atom is 0.393 e. The van der Waals surface area contributed by atoms with Crippen molar-refractivity contribution in [1.29, 1.82) is 0 Å². The summed E-state index contributed by atoms with van der Waals surface area (Å²) in [5.74, 6) is -2.71. The summed E-state index contributed by atoms with van der Waals surface area (Å²) in [6, 6.07) is 15.8. The molecule has 1 N–H and O–H groups in total. The molecule has 8 heteroatoms. The maximum absolute atomic E-state index is 12.9. The number of nitrogens with one attached hydrogen (secondary N) is 1. The SMILES string of the molecule is CCOC(=O)C1=C(c2ccccc2)NC(=O)C12ON=C(c1ccc(OC)cc1)O2. The van der Waals surface area contributed by atoms with E-state index in [1.54, 1.807) is 62.6 Å². The number of hydrogen-bond acceptors (Lipinski definition) is 7. The normalized spacial score (nSPS) is 20.1. The molecule has 0 aliphatic carbocycles. The van der Waals surface area contributed by atoms with E-state index in [4.69, 9.17) is 19.0 Å². The molecule has 8 nitrogen and oxygen atoms in total. The Morgan fingerprint density at radius 3 is 2.48 bits per heavy atom. The van der Waals surface area contributed by atoms with E-state index in [1.807, 2.05) is 6.07 Å². The summed E-state index contributed by atoms with van der Waals surface area (Å²) in [5, 5.41) is 6.60. The van der Waals surface area contributed by atoms with Crippen LogP contribution in [-0.2, 0) is 23.9 Å². The Morgan fingerprint density at radius 2 is 1.83 bits per heavy atom. The van der Waals surface area contributed by atoms with Crippen molar-refractivity contribution < 1.29 is 28.6 Å². The van der Waals surface area contributed by atoms with E-state index < -0.39 is 17.7 Å². The second kappa shape index (κ2) is 7.31. The molecule has 2 aromatic rings. The summed E-state index contributed by atoms with van der Waals surface area (Å²) in [5.41, 5.74) is 1.36. The molecule has 0 bridgehead atoms. The molecule has 4 rings (SSSR count). The van der Waals surface area contributed by atoms with E-state index in [9.17, 15) is 9.59 Å². The van der Waals surface area contributed by atoms with Crippen molar-refractivity contribution in [2.24, 2.45) is 5.16 Å². The van der Waals surface area contributed by atoms with Crippen molar-refractivity contribution in [3.8, 4) is 5.75 Å². The van der Waals surface area contributed by atoms with E-state index >= 15 is 0 Å². The van der Waals surface area contributed by atoms with Gasteiger partial charge in [-0.25, -0.2) is 4.79 Å². The quantitative estimate of drug-likeness (QED) is 0.782. The Morgan fingerprint density at radius 1 is 1.10 bits per heavy atom. The fourth-order valence-electron chi connectivity index (χ4n) is 3.11. The molecular weight excluding hydrogens is 376 g/mol. The van der Waals surface area contributed by atoms with Crippen LogP contribution in [0.2, 0.25) is 0 Å². The number of carbonyl (C=O) groups is 2. The maximum atomic E-state index is 12.9. The molecule has 0 fully saturated rings. The lowest BCUT2D eigenvalue weighted by atomic mass is 10.0. The minimum absolute atomic E-state index is 0.0684. The molecule has 1 amide bonds. The van der Waals surface area contributed by atoms with Crippen LogP contribution < -0.4 is 10.1 Å².